The molecule has 0 saturated heterocycles. The van der Waals surface area contributed by atoms with Crippen molar-refractivity contribution < 1.29 is 13.6 Å². The largest absolute Gasteiger partial charge is 0.349 e. The Hall–Kier alpha value is -2.09. The molecule has 1 unspecified atom stereocenters. The number of hydrogen-bond acceptors (Lipinski definition) is 4. The quantitative estimate of drug-likeness (QED) is 0.837. The van der Waals surface area contributed by atoms with Gasteiger partial charge in [0.2, 0.25) is 11.8 Å². The van der Waals surface area contributed by atoms with Gasteiger partial charge in [-0.15, -0.1) is 0 Å². The van der Waals surface area contributed by atoms with Crippen LogP contribution in [0.25, 0.3) is 5.65 Å². The van der Waals surface area contributed by atoms with Gasteiger partial charge in [0.15, 0.2) is 5.65 Å². The second-order valence-electron chi connectivity index (χ2n) is 7.15. The van der Waals surface area contributed by atoms with Gasteiger partial charge in [-0.05, 0) is 23.5 Å². The number of aromatic nitrogens is 3. The van der Waals surface area contributed by atoms with Gasteiger partial charge in [0.1, 0.15) is 0 Å². The summed E-state index contributed by atoms with van der Waals surface area (Å²) in [6.07, 6.45) is 3.19. The van der Waals surface area contributed by atoms with Crippen LogP contribution in [-0.4, -0.2) is 26.4 Å². The van der Waals surface area contributed by atoms with E-state index in [0.29, 0.717) is 12.2 Å². The lowest BCUT2D eigenvalue weighted by Crippen LogP contribution is -2.40. The lowest BCUT2D eigenvalue weighted by molar-refractivity contribution is -0.134. The summed E-state index contributed by atoms with van der Waals surface area (Å²) in [5.74, 6) is -2.91. The lowest BCUT2D eigenvalue weighted by atomic mass is 9.79. The van der Waals surface area contributed by atoms with Crippen LogP contribution in [0.5, 0.6) is 0 Å². The molecule has 1 fully saturated rings. The molecule has 2 aromatic rings. The first-order chi connectivity index (χ1) is 11.8. The van der Waals surface area contributed by atoms with E-state index in [1.807, 2.05) is 19.9 Å². The summed E-state index contributed by atoms with van der Waals surface area (Å²) in [5, 5.41) is 7.27. The van der Waals surface area contributed by atoms with Crippen molar-refractivity contribution in [2.75, 3.05) is 0 Å². The monoisotopic (exact) mass is 351 g/mol. The molecule has 1 saturated carbocycles. The molecular weight excluding hydrogens is 328 g/mol. The molecule has 136 valence electrons. The average molecular weight is 351 g/mol. The molecule has 1 aliphatic carbocycles. The smallest absolute Gasteiger partial charge is 0.248 e. The number of carbonyl (C=O) groups excluding carboxylic acids is 1. The lowest BCUT2D eigenvalue weighted by Gasteiger charge is -2.35. The van der Waals surface area contributed by atoms with Gasteiger partial charge in [0, 0.05) is 25.8 Å². The first-order valence-corrected chi connectivity index (χ1v) is 8.49. The van der Waals surface area contributed by atoms with Crippen LogP contribution in [0.15, 0.2) is 18.5 Å². The zero-order valence-corrected chi connectivity index (χ0v) is 14.4. The van der Waals surface area contributed by atoms with Crippen molar-refractivity contribution in [2.24, 2.45) is 17.6 Å². The number of nitrogens with one attached hydrogen (secondary N) is 1. The van der Waals surface area contributed by atoms with Crippen molar-refractivity contribution in [2.45, 2.75) is 51.6 Å². The SMILES string of the molecule is CC(C)C(NC(=O)CC1CC(F)(F)C1)c1cnn2cc(CN)nc2c1. The van der Waals surface area contributed by atoms with Crippen LogP contribution in [0.2, 0.25) is 0 Å². The standard InChI is InChI=1S/C17H23F2N5O/c1-10(2)16(23-15(25)3-11-5-17(18,19)6-11)12-4-14-22-13(7-20)9-24(14)21-8-12/h4,8-11,16H,3,5-7,20H2,1-2H3,(H,23,25). The van der Waals surface area contributed by atoms with E-state index in [0.717, 1.165) is 11.3 Å². The van der Waals surface area contributed by atoms with Crippen molar-refractivity contribution in [1.82, 2.24) is 19.9 Å². The second kappa shape index (κ2) is 6.67. The topological polar surface area (TPSA) is 85.3 Å². The normalized spacial score (nSPS) is 18.3. The van der Waals surface area contributed by atoms with Crippen LogP contribution in [0.3, 0.4) is 0 Å². The summed E-state index contributed by atoms with van der Waals surface area (Å²) in [6, 6.07) is 1.62. The van der Waals surface area contributed by atoms with Crippen molar-refractivity contribution in [1.29, 1.82) is 0 Å². The number of fused-ring (bicyclic) bond motifs is 1. The van der Waals surface area contributed by atoms with Crippen LogP contribution in [0.1, 0.15) is 50.4 Å². The molecule has 8 heteroatoms. The van der Waals surface area contributed by atoms with E-state index in [1.54, 1.807) is 16.9 Å². The van der Waals surface area contributed by atoms with Gasteiger partial charge in [-0.1, -0.05) is 13.8 Å². The molecule has 0 aromatic carbocycles. The summed E-state index contributed by atoms with van der Waals surface area (Å²) >= 11 is 0. The summed E-state index contributed by atoms with van der Waals surface area (Å²) < 4.78 is 27.5. The van der Waals surface area contributed by atoms with Crippen LogP contribution in [0, 0.1) is 11.8 Å². The second-order valence-corrected chi connectivity index (χ2v) is 7.15. The van der Waals surface area contributed by atoms with Gasteiger partial charge < -0.3 is 11.1 Å². The van der Waals surface area contributed by atoms with Gasteiger partial charge >= 0.3 is 0 Å². The fourth-order valence-corrected chi connectivity index (χ4v) is 3.27. The number of hydrogen-bond donors (Lipinski definition) is 2. The van der Waals surface area contributed by atoms with E-state index in [9.17, 15) is 13.6 Å². The molecule has 2 heterocycles. The molecular formula is C17H23F2N5O. The summed E-state index contributed by atoms with van der Waals surface area (Å²) in [5.41, 5.74) is 7.83. The Morgan fingerprint density at radius 3 is 2.80 bits per heavy atom. The highest BCUT2D eigenvalue weighted by Gasteiger charge is 2.45. The highest BCUT2D eigenvalue weighted by Crippen LogP contribution is 2.44. The third kappa shape index (κ3) is 3.95. The van der Waals surface area contributed by atoms with Crippen LogP contribution < -0.4 is 11.1 Å². The van der Waals surface area contributed by atoms with E-state index in [2.05, 4.69) is 15.4 Å². The minimum absolute atomic E-state index is 0.125. The third-order valence-electron chi connectivity index (χ3n) is 4.59. The Bertz CT molecular complexity index is 765. The van der Waals surface area contributed by atoms with Crippen LogP contribution in [-0.2, 0) is 11.3 Å². The number of nitrogens with two attached hydrogens (primary N) is 1. The molecule has 0 spiro atoms. The number of rotatable bonds is 6. The summed E-state index contributed by atoms with van der Waals surface area (Å²) in [7, 11) is 0. The fourth-order valence-electron chi connectivity index (χ4n) is 3.27. The fraction of sp³-hybridized carbons (Fsp3) is 0.588. The highest BCUT2D eigenvalue weighted by molar-refractivity contribution is 5.77. The number of carbonyl (C=O) groups is 1. The Kier molecular flexibility index (Phi) is 4.73. The molecule has 1 amide bonds. The molecule has 0 bridgehead atoms. The average Bonchev–Trinajstić information content (AvgIpc) is 2.92. The van der Waals surface area contributed by atoms with Gasteiger partial charge in [-0.2, -0.15) is 5.10 Å². The van der Waals surface area contributed by atoms with Crippen molar-refractivity contribution in [3.63, 3.8) is 0 Å². The molecule has 0 aliphatic heterocycles. The maximum Gasteiger partial charge on any atom is 0.248 e. The molecule has 6 nitrogen and oxygen atoms in total. The Balaban J connectivity index is 1.71. The molecule has 1 atom stereocenters. The van der Waals surface area contributed by atoms with E-state index in [4.69, 9.17) is 5.73 Å². The van der Waals surface area contributed by atoms with Crippen LogP contribution >= 0.6 is 0 Å². The Labute approximate surface area is 144 Å². The number of alkyl halides is 2. The zero-order valence-electron chi connectivity index (χ0n) is 14.4. The summed E-state index contributed by atoms with van der Waals surface area (Å²) in [4.78, 5) is 16.6. The number of imidazole rings is 1. The first-order valence-electron chi connectivity index (χ1n) is 8.49. The molecule has 1 aliphatic rings. The Morgan fingerprint density at radius 2 is 2.20 bits per heavy atom. The Morgan fingerprint density at radius 1 is 1.48 bits per heavy atom. The minimum atomic E-state index is -2.60. The molecule has 0 radical (unpaired) electrons. The van der Waals surface area contributed by atoms with E-state index in [1.165, 1.54) is 0 Å². The molecule has 2 aromatic heterocycles. The predicted molar refractivity (Wildman–Crippen MR) is 88.9 cm³/mol. The number of nitrogens with zero attached hydrogens (tertiary/aromatic N) is 3. The van der Waals surface area contributed by atoms with Crippen molar-refractivity contribution in [3.05, 3.63) is 29.7 Å². The van der Waals surface area contributed by atoms with Gasteiger partial charge in [-0.25, -0.2) is 18.3 Å². The first kappa shape index (κ1) is 17.7. The van der Waals surface area contributed by atoms with E-state index in [-0.39, 0.29) is 43.0 Å². The van der Waals surface area contributed by atoms with Gasteiger partial charge in [0.05, 0.1) is 24.1 Å². The maximum absolute atomic E-state index is 12.9. The van der Waals surface area contributed by atoms with Crippen LogP contribution in [0.4, 0.5) is 8.78 Å². The number of halogens is 2. The van der Waals surface area contributed by atoms with Crippen molar-refractivity contribution >= 4 is 11.6 Å². The number of amides is 1. The maximum atomic E-state index is 12.9. The highest BCUT2D eigenvalue weighted by atomic mass is 19.3. The molecule has 3 N–H and O–H groups in total. The third-order valence-corrected chi connectivity index (χ3v) is 4.59. The predicted octanol–water partition coefficient (Wildman–Crippen LogP) is 2.44. The van der Waals surface area contributed by atoms with E-state index < -0.39 is 5.92 Å². The van der Waals surface area contributed by atoms with Gasteiger partial charge in [-0.3, -0.25) is 4.79 Å². The van der Waals surface area contributed by atoms with Gasteiger partial charge in [0.25, 0.3) is 0 Å². The molecule has 25 heavy (non-hydrogen) atoms. The molecule has 3 rings (SSSR count). The zero-order chi connectivity index (χ0) is 18.2. The minimum Gasteiger partial charge on any atom is -0.349 e. The van der Waals surface area contributed by atoms with E-state index >= 15 is 0 Å². The summed E-state index contributed by atoms with van der Waals surface area (Å²) in [6.45, 7) is 4.31. The van der Waals surface area contributed by atoms with Crippen molar-refractivity contribution in [3.8, 4) is 0 Å².